The molecule has 32 heavy (non-hydrogen) atoms. The fourth-order valence-electron chi connectivity index (χ4n) is 3.78. The molecule has 1 aromatic carbocycles. The Hall–Kier alpha value is -1.89. The fourth-order valence-corrected chi connectivity index (χ4v) is 3.78. The Bertz CT molecular complexity index is 829. The summed E-state index contributed by atoms with van der Waals surface area (Å²) in [5.74, 6) is 1.03. The molecule has 0 radical (unpaired) electrons. The van der Waals surface area contributed by atoms with E-state index in [1.54, 1.807) is 24.1 Å². The predicted molar refractivity (Wildman–Crippen MR) is 135 cm³/mol. The molecular weight excluding hydrogens is 450 g/mol. The second kappa shape index (κ2) is 13.0. The average Bonchev–Trinajstić information content (AvgIpc) is 3.57. The van der Waals surface area contributed by atoms with Crippen molar-refractivity contribution in [3.63, 3.8) is 0 Å². The molecule has 1 unspecified atom stereocenters. The van der Waals surface area contributed by atoms with Crippen LogP contribution in [0.3, 0.4) is 0 Å². The van der Waals surface area contributed by atoms with Crippen molar-refractivity contribution in [2.75, 3.05) is 23.4 Å². The number of nitrogens with one attached hydrogen (secondary N) is 1. The molecule has 178 valence electrons. The lowest BCUT2D eigenvalue weighted by molar-refractivity contribution is -0.121. The van der Waals surface area contributed by atoms with E-state index in [-0.39, 0.29) is 42.6 Å². The third kappa shape index (κ3) is 7.32. The highest BCUT2D eigenvalue weighted by Gasteiger charge is 2.29. The molecule has 1 aliphatic carbocycles. The van der Waals surface area contributed by atoms with E-state index in [2.05, 4.69) is 36.0 Å². The van der Waals surface area contributed by atoms with E-state index < -0.39 is 0 Å². The zero-order chi connectivity index (χ0) is 21.7. The monoisotopic (exact) mass is 484 g/mol. The van der Waals surface area contributed by atoms with Gasteiger partial charge in [0.05, 0.1) is 12.6 Å². The van der Waals surface area contributed by atoms with Crippen molar-refractivity contribution in [1.82, 2.24) is 10.3 Å². The van der Waals surface area contributed by atoms with Crippen molar-refractivity contribution in [2.24, 2.45) is 5.92 Å². The minimum absolute atomic E-state index is 0. The summed E-state index contributed by atoms with van der Waals surface area (Å²) in [7, 11) is 1.81. The first-order valence-electron chi connectivity index (χ1n) is 10.9. The number of pyridine rings is 1. The van der Waals surface area contributed by atoms with Gasteiger partial charge in [0.2, 0.25) is 5.91 Å². The van der Waals surface area contributed by atoms with Gasteiger partial charge in [-0.15, -0.1) is 24.8 Å². The first-order chi connectivity index (χ1) is 14.4. The molecule has 1 aliphatic rings. The highest BCUT2D eigenvalue weighted by Crippen LogP contribution is 2.30. The van der Waals surface area contributed by atoms with Gasteiger partial charge in [0.25, 0.3) is 0 Å². The third-order valence-corrected chi connectivity index (χ3v) is 5.53. The zero-order valence-electron chi connectivity index (χ0n) is 19.3. The lowest BCUT2D eigenvalue weighted by atomic mass is 10.0. The minimum Gasteiger partial charge on any atom is -0.354 e. The summed E-state index contributed by atoms with van der Waals surface area (Å²) in [6, 6.07) is 10.5. The van der Waals surface area contributed by atoms with Crippen LogP contribution in [0.15, 0.2) is 42.6 Å². The van der Waals surface area contributed by atoms with Crippen LogP contribution in [0.4, 0.5) is 15.9 Å². The number of anilines is 2. The van der Waals surface area contributed by atoms with Crippen LogP contribution in [0.1, 0.15) is 45.6 Å². The largest absolute Gasteiger partial charge is 0.354 e. The van der Waals surface area contributed by atoms with Crippen LogP contribution in [0.2, 0.25) is 0 Å². The zero-order valence-corrected chi connectivity index (χ0v) is 20.9. The summed E-state index contributed by atoms with van der Waals surface area (Å²) in [5.41, 5.74) is 1.63. The van der Waals surface area contributed by atoms with Crippen molar-refractivity contribution < 1.29 is 9.18 Å². The molecule has 5 nitrogen and oxygen atoms in total. The number of aromatic nitrogens is 1. The van der Waals surface area contributed by atoms with Gasteiger partial charge < -0.3 is 15.1 Å². The number of rotatable bonds is 10. The Balaban J connectivity index is 0.00000256. The molecule has 0 spiro atoms. The summed E-state index contributed by atoms with van der Waals surface area (Å²) in [6.07, 6.45) is 5.04. The van der Waals surface area contributed by atoms with Gasteiger partial charge in [-0.1, -0.05) is 19.9 Å². The maximum absolute atomic E-state index is 13.5. The Kier molecular flexibility index (Phi) is 11.4. The van der Waals surface area contributed by atoms with Crippen LogP contribution in [0.25, 0.3) is 0 Å². The van der Waals surface area contributed by atoms with Crippen LogP contribution in [-0.4, -0.2) is 36.6 Å². The molecule has 1 aromatic heterocycles. The molecule has 8 heteroatoms. The van der Waals surface area contributed by atoms with E-state index in [1.165, 1.54) is 25.0 Å². The van der Waals surface area contributed by atoms with Crippen molar-refractivity contribution in [3.8, 4) is 0 Å². The highest BCUT2D eigenvalue weighted by molar-refractivity contribution is 5.97. The number of carbonyl (C=O) groups excluding carboxylic acids is 1. The van der Waals surface area contributed by atoms with Crippen molar-refractivity contribution >= 4 is 42.2 Å². The SMILES string of the molecule is CCN(c1ccc(CN(C(=O)C(CC(C)C)NC)c2ccc(F)cc2)cn1)C1CC1.Cl.Cl. The summed E-state index contributed by atoms with van der Waals surface area (Å²) in [5, 5.41) is 3.14. The van der Waals surface area contributed by atoms with Gasteiger partial charge in [-0.3, -0.25) is 4.79 Å². The van der Waals surface area contributed by atoms with Gasteiger partial charge in [-0.25, -0.2) is 9.37 Å². The number of likely N-dealkylation sites (N-methyl/N-ethyl adjacent to an activating group) is 1. The quantitative estimate of drug-likeness (QED) is 0.501. The molecule has 1 fully saturated rings. The minimum atomic E-state index is -0.316. The van der Waals surface area contributed by atoms with Gasteiger partial charge in [0, 0.05) is 24.5 Å². The lowest BCUT2D eigenvalue weighted by Crippen LogP contribution is -2.46. The molecule has 1 heterocycles. The molecule has 0 aliphatic heterocycles. The number of amides is 1. The van der Waals surface area contributed by atoms with Crippen LogP contribution >= 0.6 is 24.8 Å². The number of nitrogens with zero attached hydrogens (tertiary/aromatic N) is 3. The summed E-state index contributed by atoms with van der Waals surface area (Å²) in [4.78, 5) is 22.1. The predicted octanol–water partition coefficient (Wildman–Crippen LogP) is 5.22. The van der Waals surface area contributed by atoms with Crippen molar-refractivity contribution in [1.29, 1.82) is 0 Å². The smallest absolute Gasteiger partial charge is 0.244 e. The fraction of sp³-hybridized carbons (Fsp3) is 0.500. The summed E-state index contributed by atoms with van der Waals surface area (Å²) >= 11 is 0. The van der Waals surface area contributed by atoms with Crippen molar-refractivity contribution in [3.05, 3.63) is 54.0 Å². The van der Waals surface area contributed by atoms with Gasteiger partial charge in [0.1, 0.15) is 11.6 Å². The van der Waals surface area contributed by atoms with Crippen LogP contribution in [0.5, 0.6) is 0 Å². The second-order valence-corrected chi connectivity index (χ2v) is 8.41. The van der Waals surface area contributed by atoms with Crippen LogP contribution < -0.4 is 15.1 Å². The second-order valence-electron chi connectivity index (χ2n) is 8.41. The molecule has 1 amide bonds. The van der Waals surface area contributed by atoms with E-state index in [0.29, 0.717) is 24.2 Å². The molecule has 0 bridgehead atoms. The first-order valence-corrected chi connectivity index (χ1v) is 10.9. The number of hydrogen-bond acceptors (Lipinski definition) is 4. The Labute approximate surface area is 203 Å². The number of carbonyl (C=O) groups is 1. The molecular formula is C24H35Cl2FN4O. The van der Waals surface area contributed by atoms with E-state index in [4.69, 9.17) is 0 Å². The summed E-state index contributed by atoms with van der Waals surface area (Å²) < 4.78 is 13.5. The number of hydrogen-bond donors (Lipinski definition) is 1. The van der Waals surface area contributed by atoms with E-state index in [9.17, 15) is 9.18 Å². The maximum Gasteiger partial charge on any atom is 0.244 e. The molecule has 0 saturated heterocycles. The third-order valence-electron chi connectivity index (χ3n) is 5.53. The molecule has 3 rings (SSSR count). The molecule has 1 N–H and O–H groups in total. The summed E-state index contributed by atoms with van der Waals surface area (Å²) in [6.45, 7) is 7.68. The average molecular weight is 485 g/mol. The molecule has 1 saturated carbocycles. The van der Waals surface area contributed by atoms with Gasteiger partial charge in [-0.2, -0.15) is 0 Å². The van der Waals surface area contributed by atoms with Crippen LogP contribution in [-0.2, 0) is 11.3 Å². The van der Waals surface area contributed by atoms with E-state index >= 15 is 0 Å². The topological polar surface area (TPSA) is 48.5 Å². The normalized spacial score (nSPS) is 13.7. The van der Waals surface area contributed by atoms with E-state index in [0.717, 1.165) is 24.3 Å². The standard InChI is InChI=1S/C24H33FN4O.2ClH/c1-5-28(20-11-12-20)23-13-6-18(15-27-23)16-29(21-9-7-19(25)8-10-21)24(30)22(26-4)14-17(2)3;;/h6-10,13,15,17,20,22,26H,5,11-12,14,16H2,1-4H3;2*1H. The first kappa shape index (κ1) is 28.1. The lowest BCUT2D eigenvalue weighted by Gasteiger charge is -2.28. The molecule has 2 aromatic rings. The van der Waals surface area contributed by atoms with Gasteiger partial charge in [0.15, 0.2) is 0 Å². The van der Waals surface area contributed by atoms with Gasteiger partial charge >= 0.3 is 0 Å². The maximum atomic E-state index is 13.5. The Morgan fingerprint density at radius 2 is 1.81 bits per heavy atom. The Morgan fingerprint density at radius 3 is 2.28 bits per heavy atom. The van der Waals surface area contributed by atoms with Gasteiger partial charge in [-0.05, 0) is 75.0 Å². The molecule has 1 atom stereocenters. The van der Waals surface area contributed by atoms with Crippen LogP contribution in [0, 0.1) is 11.7 Å². The van der Waals surface area contributed by atoms with Crippen molar-refractivity contribution in [2.45, 2.75) is 58.7 Å². The number of halogens is 3. The number of benzene rings is 1. The highest BCUT2D eigenvalue weighted by atomic mass is 35.5. The Morgan fingerprint density at radius 1 is 1.16 bits per heavy atom. The van der Waals surface area contributed by atoms with E-state index in [1.807, 2.05) is 18.3 Å².